The maximum atomic E-state index is 13.1. The molecule has 35 heavy (non-hydrogen) atoms. The summed E-state index contributed by atoms with van der Waals surface area (Å²) < 4.78 is 11.5. The fourth-order valence-electron chi connectivity index (χ4n) is 5.02. The molecule has 0 aromatic heterocycles. The SMILES string of the molecule is CCCCCCCN(CC1CCCCC1)C(=O)COc1ccc(C[C@](CC)(OCC)C(=O)O)cc1. The molecular formula is C29H47NO5. The number of hydrogen-bond donors (Lipinski definition) is 1. The van der Waals surface area contributed by atoms with Gasteiger partial charge < -0.3 is 19.5 Å². The molecule has 1 aromatic carbocycles. The first-order valence-electron chi connectivity index (χ1n) is 13.8. The van der Waals surface area contributed by atoms with E-state index in [0.717, 1.165) is 25.1 Å². The van der Waals surface area contributed by atoms with Gasteiger partial charge in [-0.25, -0.2) is 4.79 Å². The van der Waals surface area contributed by atoms with Crippen LogP contribution in [0.3, 0.4) is 0 Å². The molecule has 1 aliphatic rings. The van der Waals surface area contributed by atoms with Crippen molar-refractivity contribution in [3.63, 3.8) is 0 Å². The summed E-state index contributed by atoms with van der Waals surface area (Å²) in [6.07, 6.45) is 12.9. The van der Waals surface area contributed by atoms with Crippen molar-refractivity contribution in [2.75, 3.05) is 26.3 Å². The lowest BCUT2D eigenvalue weighted by molar-refractivity contribution is -0.166. The number of rotatable bonds is 17. The van der Waals surface area contributed by atoms with Crippen molar-refractivity contribution in [2.24, 2.45) is 5.92 Å². The minimum Gasteiger partial charge on any atom is -0.484 e. The van der Waals surface area contributed by atoms with Crippen LogP contribution in [0.4, 0.5) is 0 Å². The second kappa shape index (κ2) is 15.8. The molecule has 0 unspecified atom stereocenters. The van der Waals surface area contributed by atoms with E-state index in [9.17, 15) is 14.7 Å². The van der Waals surface area contributed by atoms with E-state index in [1.165, 1.54) is 57.8 Å². The molecule has 2 rings (SSSR count). The summed E-state index contributed by atoms with van der Waals surface area (Å²) in [7, 11) is 0. The standard InChI is InChI=1S/C29H47NO5/c1-4-7-8-9-13-20-30(22-25-14-11-10-12-15-25)27(31)23-34-26-18-16-24(17-19-26)21-29(5-2,28(32)33)35-6-3/h16-19,25H,4-15,20-23H2,1-3H3,(H,32,33)/t29-/m0/s1. The molecule has 1 amide bonds. The zero-order valence-electron chi connectivity index (χ0n) is 22.2. The molecule has 0 saturated heterocycles. The highest BCUT2D eigenvalue weighted by atomic mass is 16.5. The highest BCUT2D eigenvalue weighted by Crippen LogP contribution is 2.26. The van der Waals surface area contributed by atoms with Gasteiger partial charge in [-0.2, -0.15) is 0 Å². The van der Waals surface area contributed by atoms with Crippen LogP contribution in [0, 0.1) is 5.92 Å². The van der Waals surface area contributed by atoms with Crippen molar-refractivity contribution < 1.29 is 24.2 Å². The summed E-state index contributed by atoms with van der Waals surface area (Å²) in [4.78, 5) is 26.9. The predicted octanol–water partition coefficient (Wildman–Crippen LogP) is 6.26. The first-order valence-corrected chi connectivity index (χ1v) is 13.8. The van der Waals surface area contributed by atoms with Gasteiger partial charge in [0.2, 0.25) is 0 Å². The van der Waals surface area contributed by atoms with Gasteiger partial charge in [-0.1, -0.05) is 70.9 Å². The molecule has 1 atom stereocenters. The van der Waals surface area contributed by atoms with Crippen LogP contribution in [-0.4, -0.2) is 53.8 Å². The highest BCUT2D eigenvalue weighted by Gasteiger charge is 2.37. The summed E-state index contributed by atoms with van der Waals surface area (Å²) in [5.41, 5.74) is -0.350. The van der Waals surface area contributed by atoms with Crippen LogP contribution in [0.15, 0.2) is 24.3 Å². The summed E-state index contributed by atoms with van der Waals surface area (Å²) in [5, 5.41) is 9.70. The lowest BCUT2D eigenvalue weighted by Gasteiger charge is -2.30. The van der Waals surface area contributed by atoms with Gasteiger partial charge >= 0.3 is 5.97 Å². The van der Waals surface area contributed by atoms with E-state index < -0.39 is 11.6 Å². The van der Waals surface area contributed by atoms with E-state index >= 15 is 0 Å². The molecule has 1 fully saturated rings. The van der Waals surface area contributed by atoms with Crippen molar-refractivity contribution in [3.8, 4) is 5.75 Å². The van der Waals surface area contributed by atoms with Crippen molar-refractivity contribution in [1.29, 1.82) is 0 Å². The van der Waals surface area contributed by atoms with Crippen LogP contribution >= 0.6 is 0 Å². The zero-order valence-corrected chi connectivity index (χ0v) is 22.2. The Hall–Kier alpha value is -2.08. The fraction of sp³-hybridized carbons (Fsp3) is 0.724. The lowest BCUT2D eigenvalue weighted by Crippen LogP contribution is -2.43. The number of hydrogen-bond acceptors (Lipinski definition) is 4. The maximum Gasteiger partial charge on any atom is 0.336 e. The highest BCUT2D eigenvalue weighted by molar-refractivity contribution is 5.78. The van der Waals surface area contributed by atoms with Gasteiger partial charge in [0, 0.05) is 26.1 Å². The average molecular weight is 490 g/mol. The Balaban J connectivity index is 1.92. The van der Waals surface area contributed by atoms with Gasteiger partial charge in [0.15, 0.2) is 12.2 Å². The van der Waals surface area contributed by atoms with E-state index in [1.807, 2.05) is 43.0 Å². The molecule has 0 spiro atoms. The van der Waals surface area contributed by atoms with Crippen LogP contribution in [0.5, 0.6) is 5.75 Å². The second-order valence-electron chi connectivity index (χ2n) is 9.95. The van der Waals surface area contributed by atoms with Crippen molar-refractivity contribution in [3.05, 3.63) is 29.8 Å². The van der Waals surface area contributed by atoms with E-state index in [0.29, 0.717) is 31.1 Å². The number of amides is 1. The Morgan fingerprint density at radius 2 is 1.69 bits per heavy atom. The van der Waals surface area contributed by atoms with Crippen LogP contribution in [0.2, 0.25) is 0 Å². The zero-order chi connectivity index (χ0) is 25.5. The van der Waals surface area contributed by atoms with Crippen molar-refractivity contribution in [1.82, 2.24) is 4.90 Å². The molecule has 0 aliphatic heterocycles. The topological polar surface area (TPSA) is 76.1 Å². The molecule has 0 heterocycles. The van der Waals surface area contributed by atoms with Crippen LogP contribution in [0.25, 0.3) is 0 Å². The molecular weight excluding hydrogens is 442 g/mol. The number of carbonyl (C=O) groups excluding carboxylic acids is 1. The molecule has 6 nitrogen and oxygen atoms in total. The third-order valence-electron chi connectivity index (χ3n) is 7.24. The quantitative estimate of drug-likeness (QED) is 0.262. The fourth-order valence-corrected chi connectivity index (χ4v) is 5.02. The number of carbonyl (C=O) groups is 2. The third kappa shape index (κ3) is 9.83. The molecule has 198 valence electrons. The van der Waals surface area contributed by atoms with Gasteiger partial charge in [0.05, 0.1) is 0 Å². The number of benzene rings is 1. The monoisotopic (exact) mass is 489 g/mol. The van der Waals surface area contributed by atoms with E-state index in [2.05, 4.69) is 6.92 Å². The van der Waals surface area contributed by atoms with Crippen molar-refractivity contribution >= 4 is 11.9 Å². The van der Waals surface area contributed by atoms with Crippen LogP contribution < -0.4 is 4.74 Å². The van der Waals surface area contributed by atoms with Crippen LogP contribution in [-0.2, 0) is 20.7 Å². The molecule has 6 heteroatoms. The van der Waals surface area contributed by atoms with E-state index in [1.54, 1.807) is 0 Å². The number of ether oxygens (including phenoxy) is 2. The Morgan fingerprint density at radius 3 is 2.29 bits per heavy atom. The average Bonchev–Trinajstić information content (AvgIpc) is 2.87. The number of aliphatic carboxylic acids is 1. The molecule has 1 aliphatic carbocycles. The number of carboxylic acid groups (broad SMARTS) is 1. The molecule has 0 bridgehead atoms. The molecule has 1 N–H and O–H groups in total. The molecule has 1 aromatic rings. The smallest absolute Gasteiger partial charge is 0.336 e. The predicted molar refractivity (Wildman–Crippen MR) is 140 cm³/mol. The van der Waals surface area contributed by atoms with Gasteiger partial charge in [0.25, 0.3) is 5.91 Å². The maximum absolute atomic E-state index is 13.1. The van der Waals surface area contributed by atoms with Gasteiger partial charge in [-0.15, -0.1) is 0 Å². The Labute approximate surface area is 212 Å². The number of carboxylic acids is 1. The van der Waals surface area contributed by atoms with Gasteiger partial charge in [-0.3, -0.25) is 4.79 Å². The van der Waals surface area contributed by atoms with Gasteiger partial charge in [-0.05, 0) is 56.2 Å². The number of unbranched alkanes of at least 4 members (excludes halogenated alkanes) is 4. The normalized spacial score (nSPS) is 16.0. The summed E-state index contributed by atoms with van der Waals surface area (Å²) in [5.74, 6) is 0.348. The minimum absolute atomic E-state index is 0.0357. The Kier molecular flexibility index (Phi) is 13.2. The lowest BCUT2D eigenvalue weighted by atomic mass is 9.89. The summed E-state index contributed by atoms with van der Waals surface area (Å²) in [6, 6.07) is 7.35. The number of nitrogens with zero attached hydrogens (tertiary/aromatic N) is 1. The molecule has 1 saturated carbocycles. The third-order valence-corrected chi connectivity index (χ3v) is 7.24. The minimum atomic E-state index is -1.22. The first-order chi connectivity index (χ1) is 16.9. The summed E-state index contributed by atoms with van der Waals surface area (Å²) in [6.45, 7) is 7.90. The summed E-state index contributed by atoms with van der Waals surface area (Å²) >= 11 is 0. The van der Waals surface area contributed by atoms with Crippen LogP contribution in [0.1, 0.15) is 97.0 Å². The molecule has 0 radical (unpaired) electrons. The second-order valence-corrected chi connectivity index (χ2v) is 9.95. The largest absolute Gasteiger partial charge is 0.484 e. The van der Waals surface area contributed by atoms with Gasteiger partial charge in [0.1, 0.15) is 5.75 Å². The van der Waals surface area contributed by atoms with Crippen molar-refractivity contribution in [2.45, 2.75) is 103 Å². The van der Waals surface area contributed by atoms with E-state index in [4.69, 9.17) is 9.47 Å². The van der Waals surface area contributed by atoms with E-state index in [-0.39, 0.29) is 12.5 Å². The Morgan fingerprint density at radius 1 is 1.00 bits per heavy atom. The Bertz CT molecular complexity index is 744. The first kappa shape index (κ1) is 29.2.